The maximum Gasteiger partial charge on any atom is 0.0964 e. The van der Waals surface area contributed by atoms with Gasteiger partial charge in [-0.3, -0.25) is 0 Å². The lowest BCUT2D eigenvalue weighted by molar-refractivity contribution is 0.0852. The van der Waals surface area contributed by atoms with Crippen LogP contribution >= 0.6 is 11.3 Å². The molecule has 3 nitrogen and oxygen atoms in total. The molecular formula is C14H24N2OS. The van der Waals surface area contributed by atoms with E-state index < -0.39 is 0 Å². The van der Waals surface area contributed by atoms with Crippen LogP contribution in [0.25, 0.3) is 0 Å². The maximum absolute atomic E-state index is 5.43. The van der Waals surface area contributed by atoms with E-state index in [2.05, 4.69) is 26.1 Å². The third-order valence-electron chi connectivity index (χ3n) is 3.37. The highest BCUT2D eigenvalue weighted by Crippen LogP contribution is 2.32. The number of rotatable bonds is 5. The van der Waals surface area contributed by atoms with Crippen LogP contribution in [0.15, 0.2) is 0 Å². The first kappa shape index (κ1) is 14.0. The quantitative estimate of drug-likeness (QED) is 0.891. The minimum atomic E-state index is 0.531. The summed E-state index contributed by atoms with van der Waals surface area (Å²) in [5.74, 6) is 0.627. The molecule has 1 aromatic heterocycles. The van der Waals surface area contributed by atoms with Crippen molar-refractivity contribution in [2.75, 3.05) is 13.2 Å². The van der Waals surface area contributed by atoms with E-state index in [0.717, 1.165) is 39.0 Å². The van der Waals surface area contributed by atoms with Crippen LogP contribution in [-0.4, -0.2) is 24.2 Å². The van der Waals surface area contributed by atoms with Gasteiger partial charge in [-0.1, -0.05) is 20.8 Å². The van der Waals surface area contributed by atoms with Gasteiger partial charge in [-0.25, -0.2) is 4.98 Å². The largest absolute Gasteiger partial charge is 0.381 e. The first-order valence-corrected chi connectivity index (χ1v) is 7.82. The Morgan fingerprint density at radius 3 is 2.72 bits per heavy atom. The van der Waals surface area contributed by atoms with Crippen molar-refractivity contribution in [3.8, 4) is 0 Å². The highest BCUT2D eigenvalue weighted by Gasteiger charge is 2.21. The Balaban J connectivity index is 2.07. The second-order valence-corrected chi connectivity index (χ2v) is 6.31. The standard InChI is InChI=1S/C14H24N2OS/c1-4-12-13(9-15-10(2)3)18-14(16-12)11-5-7-17-8-6-11/h10-11,15H,4-9H2,1-3H3. The van der Waals surface area contributed by atoms with Crippen LogP contribution in [0.3, 0.4) is 0 Å². The lowest BCUT2D eigenvalue weighted by Gasteiger charge is -2.19. The lowest BCUT2D eigenvalue weighted by atomic mass is 10.0. The molecule has 1 saturated heterocycles. The fraction of sp³-hybridized carbons (Fsp3) is 0.786. The molecule has 2 rings (SSSR count). The molecule has 1 aliphatic rings. The van der Waals surface area contributed by atoms with Crippen LogP contribution in [0.1, 0.15) is 55.1 Å². The third kappa shape index (κ3) is 3.53. The molecule has 1 aromatic rings. The Morgan fingerprint density at radius 1 is 1.39 bits per heavy atom. The molecule has 0 bridgehead atoms. The fourth-order valence-electron chi connectivity index (χ4n) is 2.23. The van der Waals surface area contributed by atoms with E-state index in [0.29, 0.717) is 12.0 Å². The smallest absolute Gasteiger partial charge is 0.0964 e. The summed E-state index contributed by atoms with van der Waals surface area (Å²) in [6.07, 6.45) is 3.30. The van der Waals surface area contributed by atoms with E-state index in [1.54, 1.807) is 0 Å². The Labute approximate surface area is 114 Å². The second-order valence-electron chi connectivity index (χ2n) is 5.20. The Hall–Kier alpha value is -0.450. The second kappa shape index (κ2) is 6.64. The summed E-state index contributed by atoms with van der Waals surface area (Å²) in [7, 11) is 0. The molecule has 0 amide bonds. The SMILES string of the molecule is CCc1nc(C2CCOCC2)sc1CNC(C)C. The predicted molar refractivity (Wildman–Crippen MR) is 76.3 cm³/mol. The van der Waals surface area contributed by atoms with Gasteiger partial charge in [0.25, 0.3) is 0 Å². The van der Waals surface area contributed by atoms with Crippen molar-refractivity contribution in [3.05, 3.63) is 15.6 Å². The molecule has 1 N–H and O–H groups in total. The van der Waals surface area contributed by atoms with Gasteiger partial charge >= 0.3 is 0 Å². The molecule has 102 valence electrons. The molecule has 0 aromatic carbocycles. The molecule has 1 fully saturated rings. The van der Waals surface area contributed by atoms with E-state index in [9.17, 15) is 0 Å². The number of nitrogens with one attached hydrogen (secondary N) is 1. The number of hydrogen-bond acceptors (Lipinski definition) is 4. The van der Waals surface area contributed by atoms with Crippen molar-refractivity contribution in [2.45, 2.75) is 58.5 Å². The van der Waals surface area contributed by atoms with E-state index in [1.807, 2.05) is 11.3 Å². The summed E-state index contributed by atoms with van der Waals surface area (Å²) in [6, 6.07) is 0.531. The number of aryl methyl sites for hydroxylation is 1. The van der Waals surface area contributed by atoms with Crippen molar-refractivity contribution < 1.29 is 4.74 Å². The summed E-state index contributed by atoms with van der Waals surface area (Å²) in [5, 5.41) is 4.83. The average Bonchev–Trinajstić information content (AvgIpc) is 2.80. The summed E-state index contributed by atoms with van der Waals surface area (Å²) < 4.78 is 5.43. The summed E-state index contributed by atoms with van der Waals surface area (Å²) in [6.45, 7) is 9.32. The monoisotopic (exact) mass is 268 g/mol. The maximum atomic E-state index is 5.43. The van der Waals surface area contributed by atoms with Gasteiger partial charge in [-0.05, 0) is 19.3 Å². The fourth-order valence-corrected chi connectivity index (χ4v) is 3.51. The topological polar surface area (TPSA) is 34.1 Å². The number of ether oxygens (including phenoxy) is 1. The summed E-state index contributed by atoms with van der Waals surface area (Å²) in [5.41, 5.74) is 1.29. The van der Waals surface area contributed by atoms with E-state index in [4.69, 9.17) is 9.72 Å². The molecule has 2 heterocycles. The van der Waals surface area contributed by atoms with Crippen LogP contribution in [0, 0.1) is 0 Å². The van der Waals surface area contributed by atoms with Crippen molar-refractivity contribution in [1.82, 2.24) is 10.3 Å². The Morgan fingerprint density at radius 2 is 2.11 bits per heavy atom. The number of aromatic nitrogens is 1. The summed E-state index contributed by atoms with van der Waals surface area (Å²) in [4.78, 5) is 6.28. The van der Waals surface area contributed by atoms with Crippen molar-refractivity contribution in [2.24, 2.45) is 0 Å². The minimum absolute atomic E-state index is 0.531. The van der Waals surface area contributed by atoms with Crippen molar-refractivity contribution >= 4 is 11.3 Å². The number of nitrogens with zero attached hydrogens (tertiary/aromatic N) is 1. The lowest BCUT2D eigenvalue weighted by Crippen LogP contribution is -2.21. The van der Waals surface area contributed by atoms with Crippen molar-refractivity contribution in [3.63, 3.8) is 0 Å². The van der Waals surface area contributed by atoms with E-state index in [1.165, 1.54) is 15.6 Å². The molecule has 1 aliphatic heterocycles. The molecule has 0 spiro atoms. The molecule has 4 heteroatoms. The highest BCUT2D eigenvalue weighted by atomic mass is 32.1. The van der Waals surface area contributed by atoms with E-state index >= 15 is 0 Å². The van der Waals surface area contributed by atoms with Crippen LogP contribution in [-0.2, 0) is 17.7 Å². The van der Waals surface area contributed by atoms with Gasteiger partial charge in [0.15, 0.2) is 0 Å². The van der Waals surface area contributed by atoms with Gasteiger partial charge in [-0.15, -0.1) is 11.3 Å². The summed E-state index contributed by atoms with van der Waals surface area (Å²) >= 11 is 1.90. The zero-order valence-electron chi connectivity index (χ0n) is 11.7. The van der Waals surface area contributed by atoms with Crippen LogP contribution in [0.2, 0.25) is 0 Å². The molecule has 0 unspecified atom stereocenters. The predicted octanol–water partition coefficient (Wildman–Crippen LogP) is 3.10. The zero-order chi connectivity index (χ0) is 13.0. The molecule has 0 aliphatic carbocycles. The Kier molecular flexibility index (Phi) is 5.15. The Bertz CT molecular complexity index is 370. The molecule has 18 heavy (non-hydrogen) atoms. The molecule has 0 atom stereocenters. The van der Waals surface area contributed by atoms with Crippen LogP contribution in [0.4, 0.5) is 0 Å². The van der Waals surface area contributed by atoms with Gasteiger partial charge < -0.3 is 10.1 Å². The van der Waals surface area contributed by atoms with Gasteiger partial charge in [-0.2, -0.15) is 0 Å². The average molecular weight is 268 g/mol. The number of hydrogen-bond donors (Lipinski definition) is 1. The van der Waals surface area contributed by atoms with E-state index in [-0.39, 0.29) is 0 Å². The molecule has 0 saturated carbocycles. The van der Waals surface area contributed by atoms with Gasteiger partial charge in [0.1, 0.15) is 0 Å². The van der Waals surface area contributed by atoms with Gasteiger partial charge in [0.2, 0.25) is 0 Å². The first-order chi connectivity index (χ1) is 8.70. The zero-order valence-corrected chi connectivity index (χ0v) is 12.5. The minimum Gasteiger partial charge on any atom is -0.381 e. The van der Waals surface area contributed by atoms with Crippen LogP contribution < -0.4 is 5.32 Å². The van der Waals surface area contributed by atoms with Gasteiger partial charge in [0, 0.05) is 36.6 Å². The van der Waals surface area contributed by atoms with Crippen LogP contribution in [0.5, 0.6) is 0 Å². The first-order valence-electron chi connectivity index (χ1n) is 7.00. The highest BCUT2D eigenvalue weighted by molar-refractivity contribution is 7.11. The van der Waals surface area contributed by atoms with Gasteiger partial charge in [0.05, 0.1) is 10.7 Å². The normalized spacial score (nSPS) is 17.6. The van der Waals surface area contributed by atoms with Crippen molar-refractivity contribution in [1.29, 1.82) is 0 Å². The third-order valence-corrected chi connectivity index (χ3v) is 4.63. The number of thiazole rings is 1. The molecule has 0 radical (unpaired) electrons. The molecular weight excluding hydrogens is 244 g/mol.